The van der Waals surface area contributed by atoms with Crippen LogP contribution in [0.4, 0.5) is 5.69 Å². The normalized spacial score (nSPS) is 10.5. The maximum absolute atomic E-state index is 10.9. The zero-order valence-corrected chi connectivity index (χ0v) is 6.31. The Balaban J connectivity index is 2.80. The Morgan fingerprint density at radius 1 is 1.46 bits per heavy atom. The molecule has 1 N–H and O–H groups in total. The van der Waals surface area contributed by atoms with Crippen molar-refractivity contribution in [2.45, 2.75) is 0 Å². The minimum atomic E-state index is -0.598. The summed E-state index contributed by atoms with van der Waals surface area (Å²) in [6.07, 6.45) is 0. The number of hydrogen-bond donors (Lipinski definition) is 1. The molecule has 2 aromatic rings. The molecule has 0 aliphatic carbocycles. The van der Waals surface area contributed by atoms with Gasteiger partial charge in [-0.1, -0.05) is 0 Å². The van der Waals surface area contributed by atoms with Crippen molar-refractivity contribution in [2.75, 3.05) is 0 Å². The Morgan fingerprint density at radius 2 is 2.23 bits per heavy atom. The number of nitrogens with one attached hydrogen (secondary N) is 1. The Labute approximate surface area is 70.9 Å². The molecule has 2 rings (SSSR count). The summed E-state index contributed by atoms with van der Waals surface area (Å²) in [5.74, 6) is 0. The number of nitrogens with zero attached hydrogens (tertiary/aromatic N) is 1. The van der Waals surface area contributed by atoms with E-state index in [4.69, 9.17) is 0 Å². The van der Waals surface area contributed by atoms with E-state index in [1.807, 2.05) is 0 Å². The van der Waals surface area contributed by atoms with Gasteiger partial charge < -0.3 is 4.52 Å². The minimum Gasteiger partial charge on any atom is -0.338 e. The van der Waals surface area contributed by atoms with Crippen molar-refractivity contribution in [1.29, 1.82) is 0 Å². The van der Waals surface area contributed by atoms with Crippen molar-refractivity contribution in [1.82, 2.24) is 5.16 Å². The van der Waals surface area contributed by atoms with Crippen molar-refractivity contribution in [3.05, 3.63) is 38.7 Å². The molecule has 0 unspecified atom stereocenters. The summed E-state index contributed by atoms with van der Waals surface area (Å²) >= 11 is 0. The van der Waals surface area contributed by atoms with Crippen LogP contribution in [0.5, 0.6) is 0 Å². The highest BCUT2D eigenvalue weighted by atomic mass is 16.6. The quantitative estimate of drug-likeness (QED) is 0.524. The van der Waals surface area contributed by atoms with Crippen molar-refractivity contribution < 1.29 is 9.45 Å². The molecular weight excluding hydrogens is 176 g/mol. The van der Waals surface area contributed by atoms with Crippen LogP contribution in [0, 0.1) is 10.1 Å². The first kappa shape index (κ1) is 7.53. The maximum atomic E-state index is 10.9. The van der Waals surface area contributed by atoms with Gasteiger partial charge in [0, 0.05) is 12.1 Å². The molecule has 6 nitrogen and oxygen atoms in total. The number of nitro benzene ring substituents is 1. The molecule has 13 heavy (non-hydrogen) atoms. The second-order valence-electron chi connectivity index (χ2n) is 2.48. The van der Waals surface area contributed by atoms with Gasteiger partial charge in [-0.05, 0) is 6.07 Å². The van der Waals surface area contributed by atoms with E-state index in [0.717, 1.165) is 0 Å². The van der Waals surface area contributed by atoms with E-state index >= 15 is 0 Å². The van der Waals surface area contributed by atoms with Gasteiger partial charge in [0.05, 0.1) is 15.8 Å². The van der Waals surface area contributed by atoms with Crippen LogP contribution in [0.1, 0.15) is 0 Å². The minimum absolute atomic E-state index is 0.126. The lowest BCUT2D eigenvalue weighted by atomic mass is 10.2. The van der Waals surface area contributed by atoms with Crippen LogP contribution < -0.4 is 5.63 Å². The summed E-state index contributed by atoms with van der Waals surface area (Å²) in [7, 11) is 0. The second kappa shape index (κ2) is 2.44. The van der Waals surface area contributed by atoms with Gasteiger partial charge >= 0.3 is 5.63 Å². The number of non-ortho nitro benzene ring substituents is 1. The number of rotatable bonds is 1. The van der Waals surface area contributed by atoms with Gasteiger partial charge in [0.15, 0.2) is 0 Å². The zero-order valence-electron chi connectivity index (χ0n) is 6.31. The first-order chi connectivity index (χ1) is 6.18. The number of fused-ring (bicyclic) bond motifs is 1. The predicted molar refractivity (Wildman–Crippen MR) is 43.5 cm³/mol. The lowest BCUT2D eigenvalue weighted by molar-refractivity contribution is -0.384. The van der Waals surface area contributed by atoms with Crippen molar-refractivity contribution >= 4 is 16.6 Å². The molecule has 1 aromatic carbocycles. The van der Waals surface area contributed by atoms with Crippen LogP contribution >= 0.6 is 0 Å². The van der Waals surface area contributed by atoms with Crippen LogP contribution in [-0.2, 0) is 0 Å². The fourth-order valence-corrected chi connectivity index (χ4v) is 1.06. The molecule has 0 radical (unpaired) electrons. The van der Waals surface area contributed by atoms with Crippen LogP contribution in [-0.4, -0.2) is 10.1 Å². The third-order valence-corrected chi connectivity index (χ3v) is 1.69. The predicted octanol–water partition coefficient (Wildman–Crippen LogP) is 1.03. The van der Waals surface area contributed by atoms with E-state index in [9.17, 15) is 14.9 Å². The number of aromatic nitrogens is 1. The summed E-state index contributed by atoms with van der Waals surface area (Å²) in [5, 5.41) is 12.9. The molecule has 0 spiro atoms. The van der Waals surface area contributed by atoms with Gasteiger partial charge in [0.1, 0.15) is 0 Å². The van der Waals surface area contributed by atoms with Gasteiger partial charge in [-0.25, -0.2) is 9.95 Å². The van der Waals surface area contributed by atoms with Crippen molar-refractivity contribution in [3.63, 3.8) is 0 Å². The number of aromatic amines is 1. The number of hydrogen-bond acceptors (Lipinski definition) is 4. The third-order valence-electron chi connectivity index (χ3n) is 1.69. The molecule has 0 saturated carbocycles. The standard InChI is InChI=1S/C7H4N2O4/c10-7-5-3-4(9(11)12)1-2-6(5)8-13-7/h1-3,8H. The molecule has 0 amide bonds. The van der Waals surface area contributed by atoms with E-state index in [-0.39, 0.29) is 11.1 Å². The monoisotopic (exact) mass is 180 g/mol. The number of nitro groups is 1. The van der Waals surface area contributed by atoms with E-state index in [1.165, 1.54) is 18.2 Å². The maximum Gasteiger partial charge on any atom is 0.365 e. The van der Waals surface area contributed by atoms with Gasteiger partial charge in [-0.3, -0.25) is 10.1 Å². The highest BCUT2D eigenvalue weighted by Crippen LogP contribution is 2.16. The molecule has 0 aliphatic heterocycles. The molecule has 66 valence electrons. The van der Waals surface area contributed by atoms with E-state index in [0.29, 0.717) is 5.52 Å². The second-order valence-corrected chi connectivity index (χ2v) is 2.48. The highest BCUT2D eigenvalue weighted by molar-refractivity contribution is 5.79. The lowest BCUT2D eigenvalue weighted by Gasteiger charge is -1.88. The molecular formula is C7H4N2O4. The average molecular weight is 180 g/mol. The Morgan fingerprint density at radius 3 is 2.92 bits per heavy atom. The SMILES string of the molecule is O=c1o[nH]c2ccc([N+](=O)[O-])cc12. The van der Waals surface area contributed by atoms with E-state index < -0.39 is 10.5 Å². The molecule has 0 fully saturated rings. The van der Waals surface area contributed by atoms with Gasteiger partial charge in [0.2, 0.25) is 0 Å². The van der Waals surface area contributed by atoms with Crippen LogP contribution in [0.3, 0.4) is 0 Å². The molecule has 0 bridgehead atoms. The summed E-state index contributed by atoms with van der Waals surface area (Å²) in [4.78, 5) is 20.7. The highest BCUT2D eigenvalue weighted by Gasteiger charge is 2.09. The fourth-order valence-electron chi connectivity index (χ4n) is 1.06. The van der Waals surface area contributed by atoms with Gasteiger partial charge in [-0.15, -0.1) is 0 Å². The molecule has 1 heterocycles. The molecule has 0 saturated heterocycles. The summed E-state index contributed by atoms with van der Waals surface area (Å²) in [6, 6.07) is 3.91. The number of H-pyrrole nitrogens is 1. The van der Waals surface area contributed by atoms with Crippen LogP contribution in [0.2, 0.25) is 0 Å². The van der Waals surface area contributed by atoms with Crippen LogP contribution in [0.25, 0.3) is 10.9 Å². The largest absolute Gasteiger partial charge is 0.365 e. The summed E-state index contributed by atoms with van der Waals surface area (Å²) in [6.45, 7) is 0. The molecule has 0 aliphatic rings. The van der Waals surface area contributed by atoms with Gasteiger partial charge in [-0.2, -0.15) is 0 Å². The fraction of sp³-hybridized carbons (Fsp3) is 0. The van der Waals surface area contributed by atoms with Crippen molar-refractivity contribution in [3.8, 4) is 0 Å². The topological polar surface area (TPSA) is 89.1 Å². The zero-order chi connectivity index (χ0) is 9.42. The summed E-state index contributed by atoms with van der Waals surface area (Å²) < 4.78 is 4.45. The van der Waals surface area contributed by atoms with E-state index in [2.05, 4.69) is 9.68 Å². The first-order valence-corrected chi connectivity index (χ1v) is 3.44. The Kier molecular flexibility index (Phi) is 1.42. The lowest BCUT2D eigenvalue weighted by Crippen LogP contribution is -1.93. The summed E-state index contributed by atoms with van der Waals surface area (Å²) in [5.41, 5.74) is -0.270. The van der Waals surface area contributed by atoms with Crippen LogP contribution in [0.15, 0.2) is 27.5 Å². The molecule has 0 atom stereocenters. The Hall–Kier alpha value is -2.11. The number of benzene rings is 1. The first-order valence-electron chi connectivity index (χ1n) is 3.44. The van der Waals surface area contributed by atoms with Crippen molar-refractivity contribution in [2.24, 2.45) is 0 Å². The average Bonchev–Trinajstić information content (AvgIpc) is 2.47. The van der Waals surface area contributed by atoms with Gasteiger partial charge in [0.25, 0.3) is 5.69 Å². The Bertz CT molecular complexity index is 525. The smallest absolute Gasteiger partial charge is 0.338 e. The van der Waals surface area contributed by atoms with E-state index in [1.54, 1.807) is 0 Å². The third kappa shape index (κ3) is 1.08. The molecule has 1 aromatic heterocycles. The molecule has 6 heteroatoms.